The van der Waals surface area contributed by atoms with Gasteiger partial charge in [-0.3, -0.25) is 4.79 Å². The van der Waals surface area contributed by atoms with Crippen LogP contribution in [0.1, 0.15) is 32.6 Å². The van der Waals surface area contributed by atoms with Gasteiger partial charge in [-0.25, -0.2) is 0 Å². The van der Waals surface area contributed by atoms with Gasteiger partial charge in [0.05, 0.1) is 19.8 Å². The lowest BCUT2D eigenvalue weighted by atomic mass is 10.2. The predicted octanol–water partition coefficient (Wildman–Crippen LogP) is 4.72. The lowest BCUT2D eigenvalue weighted by molar-refractivity contribution is -0.114. The van der Waals surface area contributed by atoms with Crippen LogP contribution in [0, 0.1) is 0 Å². The molecule has 0 bridgehead atoms. The Labute approximate surface area is 173 Å². The Morgan fingerprint density at radius 1 is 0.862 bits per heavy atom. The molecule has 158 valence electrons. The van der Waals surface area contributed by atoms with E-state index in [4.69, 9.17) is 14.2 Å². The van der Waals surface area contributed by atoms with Crippen LogP contribution in [-0.4, -0.2) is 39.4 Å². The van der Waals surface area contributed by atoms with Gasteiger partial charge in [0.25, 0.3) is 0 Å². The van der Waals surface area contributed by atoms with Crippen LogP contribution in [0.4, 0.5) is 11.4 Å². The van der Waals surface area contributed by atoms with Crippen LogP contribution in [0.3, 0.4) is 0 Å². The number of unbranched alkanes of at least 4 members (excludes halogenated alkanes) is 3. The number of anilines is 2. The number of carbonyl (C=O) groups is 1. The van der Waals surface area contributed by atoms with Crippen molar-refractivity contribution >= 4 is 17.3 Å². The van der Waals surface area contributed by atoms with Crippen LogP contribution in [0.25, 0.3) is 0 Å². The monoisotopic (exact) mass is 400 g/mol. The molecule has 0 aliphatic carbocycles. The summed E-state index contributed by atoms with van der Waals surface area (Å²) in [5.41, 5.74) is 1.58. The van der Waals surface area contributed by atoms with Crippen molar-refractivity contribution in [3.8, 4) is 11.5 Å². The maximum absolute atomic E-state index is 12.2. The van der Waals surface area contributed by atoms with Crippen LogP contribution >= 0.6 is 0 Å². The predicted molar refractivity (Wildman–Crippen MR) is 117 cm³/mol. The third-order valence-electron chi connectivity index (χ3n) is 4.25. The number of hydrogen-bond acceptors (Lipinski definition) is 5. The Morgan fingerprint density at radius 2 is 1.66 bits per heavy atom. The van der Waals surface area contributed by atoms with Crippen molar-refractivity contribution in [3.63, 3.8) is 0 Å². The Hall–Kier alpha value is -2.73. The highest BCUT2D eigenvalue weighted by molar-refractivity contribution is 5.93. The number of ether oxygens (including phenoxy) is 3. The summed E-state index contributed by atoms with van der Waals surface area (Å²) >= 11 is 0. The topological polar surface area (TPSA) is 68.8 Å². The Kier molecular flexibility index (Phi) is 10.5. The quantitative estimate of drug-likeness (QED) is 0.449. The SMILES string of the molecule is CCCCCCOc1cccc(NC(=O)CNc2ccc(OCCOC)cc2)c1. The van der Waals surface area contributed by atoms with Crippen molar-refractivity contribution in [2.45, 2.75) is 32.6 Å². The van der Waals surface area contributed by atoms with E-state index < -0.39 is 0 Å². The number of rotatable bonds is 14. The summed E-state index contributed by atoms with van der Waals surface area (Å²) in [7, 11) is 1.64. The first-order chi connectivity index (χ1) is 14.2. The maximum Gasteiger partial charge on any atom is 0.243 e. The molecule has 29 heavy (non-hydrogen) atoms. The summed E-state index contributed by atoms with van der Waals surface area (Å²) in [6.07, 6.45) is 4.67. The van der Waals surface area contributed by atoms with Crippen LogP contribution in [-0.2, 0) is 9.53 Å². The number of methoxy groups -OCH3 is 1. The van der Waals surface area contributed by atoms with Gasteiger partial charge in [0.15, 0.2) is 0 Å². The normalized spacial score (nSPS) is 10.4. The average Bonchev–Trinajstić information content (AvgIpc) is 2.73. The molecule has 0 aliphatic heterocycles. The molecule has 6 nitrogen and oxygen atoms in total. The van der Waals surface area contributed by atoms with E-state index in [0.29, 0.717) is 19.8 Å². The zero-order valence-electron chi connectivity index (χ0n) is 17.4. The summed E-state index contributed by atoms with van der Waals surface area (Å²) in [6.45, 7) is 4.12. The summed E-state index contributed by atoms with van der Waals surface area (Å²) in [5.74, 6) is 1.42. The molecule has 2 N–H and O–H groups in total. The fraction of sp³-hybridized carbons (Fsp3) is 0.435. The molecular formula is C23H32N2O4. The minimum Gasteiger partial charge on any atom is -0.494 e. The van der Waals surface area contributed by atoms with E-state index >= 15 is 0 Å². The van der Waals surface area contributed by atoms with Crippen LogP contribution in [0.2, 0.25) is 0 Å². The molecule has 2 aromatic rings. The highest BCUT2D eigenvalue weighted by Crippen LogP contribution is 2.18. The fourth-order valence-electron chi connectivity index (χ4n) is 2.68. The van der Waals surface area contributed by atoms with E-state index in [1.807, 2.05) is 48.5 Å². The highest BCUT2D eigenvalue weighted by Gasteiger charge is 2.04. The lowest BCUT2D eigenvalue weighted by Crippen LogP contribution is -2.21. The van der Waals surface area contributed by atoms with E-state index in [2.05, 4.69) is 17.6 Å². The molecule has 1 amide bonds. The smallest absolute Gasteiger partial charge is 0.243 e. The van der Waals surface area contributed by atoms with Gasteiger partial charge in [0, 0.05) is 24.6 Å². The van der Waals surface area contributed by atoms with Gasteiger partial charge in [0.2, 0.25) is 5.91 Å². The Bertz CT molecular complexity index is 719. The van der Waals surface area contributed by atoms with Gasteiger partial charge in [-0.15, -0.1) is 0 Å². The van der Waals surface area contributed by atoms with Gasteiger partial charge < -0.3 is 24.8 Å². The summed E-state index contributed by atoms with van der Waals surface area (Å²) in [5, 5.41) is 5.99. The molecule has 0 spiro atoms. The van der Waals surface area contributed by atoms with Gasteiger partial charge in [0.1, 0.15) is 18.1 Å². The number of amides is 1. The van der Waals surface area contributed by atoms with Gasteiger partial charge in [-0.05, 0) is 42.8 Å². The van der Waals surface area contributed by atoms with Gasteiger partial charge in [-0.1, -0.05) is 32.3 Å². The molecule has 0 radical (unpaired) electrons. The second-order valence-corrected chi connectivity index (χ2v) is 6.70. The molecule has 0 saturated heterocycles. The Balaban J connectivity index is 1.72. The number of benzene rings is 2. The van der Waals surface area contributed by atoms with E-state index in [0.717, 1.165) is 29.3 Å². The van der Waals surface area contributed by atoms with Crippen LogP contribution in [0.5, 0.6) is 11.5 Å². The second kappa shape index (κ2) is 13.4. The molecule has 6 heteroatoms. The van der Waals surface area contributed by atoms with Crippen molar-refractivity contribution in [1.82, 2.24) is 0 Å². The minimum atomic E-state index is -0.120. The zero-order valence-corrected chi connectivity index (χ0v) is 17.4. The van der Waals surface area contributed by atoms with Crippen molar-refractivity contribution < 1.29 is 19.0 Å². The molecular weight excluding hydrogens is 368 g/mol. The zero-order chi connectivity index (χ0) is 20.7. The molecule has 0 heterocycles. The average molecular weight is 401 g/mol. The number of hydrogen-bond donors (Lipinski definition) is 2. The van der Waals surface area contributed by atoms with E-state index in [1.165, 1.54) is 19.3 Å². The first-order valence-corrected chi connectivity index (χ1v) is 10.2. The molecule has 0 aliphatic rings. The molecule has 0 aromatic heterocycles. The van der Waals surface area contributed by atoms with Gasteiger partial charge in [-0.2, -0.15) is 0 Å². The summed E-state index contributed by atoms with van der Waals surface area (Å²) < 4.78 is 16.2. The number of carbonyl (C=O) groups excluding carboxylic acids is 1. The van der Waals surface area contributed by atoms with Crippen molar-refractivity contribution in [1.29, 1.82) is 0 Å². The minimum absolute atomic E-state index is 0.120. The molecule has 2 aromatic carbocycles. The third kappa shape index (κ3) is 9.34. The van der Waals surface area contributed by atoms with Crippen molar-refractivity contribution in [2.75, 3.05) is 44.1 Å². The Morgan fingerprint density at radius 3 is 2.41 bits per heavy atom. The standard InChI is InChI=1S/C23H32N2O4/c1-3-4-5-6-14-28-22-9-7-8-20(17-22)25-23(26)18-24-19-10-12-21(13-11-19)29-16-15-27-2/h7-13,17,24H,3-6,14-16,18H2,1-2H3,(H,25,26). The van der Waals surface area contributed by atoms with Crippen molar-refractivity contribution in [2.24, 2.45) is 0 Å². The molecule has 0 fully saturated rings. The maximum atomic E-state index is 12.2. The third-order valence-corrected chi connectivity index (χ3v) is 4.25. The lowest BCUT2D eigenvalue weighted by Gasteiger charge is -2.11. The summed E-state index contributed by atoms with van der Waals surface area (Å²) in [4.78, 5) is 12.2. The fourth-order valence-corrected chi connectivity index (χ4v) is 2.68. The first kappa shape index (κ1) is 22.6. The highest BCUT2D eigenvalue weighted by atomic mass is 16.5. The molecule has 2 rings (SSSR count). The van der Waals surface area contributed by atoms with Crippen LogP contribution in [0.15, 0.2) is 48.5 Å². The van der Waals surface area contributed by atoms with E-state index in [-0.39, 0.29) is 12.5 Å². The van der Waals surface area contributed by atoms with Crippen LogP contribution < -0.4 is 20.1 Å². The molecule has 0 atom stereocenters. The largest absolute Gasteiger partial charge is 0.494 e. The number of nitrogens with one attached hydrogen (secondary N) is 2. The van der Waals surface area contributed by atoms with Crippen molar-refractivity contribution in [3.05, 3.63) is 48.5 Å². The first-order valence-electron chi connectivity index (χ1n) is 10.2. The van der Waals surface area contributed by atoms with E-state index in [1.54, 1.807) is 7.11 Å². The van der Waals surface area contributed by atoms with E-state index in [9.17, 15) is 4.79 Å². The van der Waals surface area contributed by atoms with Gasteiger partial charge >= 0.3 is 0 Å². The molecule has 0 saturated carbocycles. The second-order valence-electron chi connectivity index (χ2n) is 6.70. The molecule has 0 unspecified atom stereocenters. The summed E-state index contributed by atoms with van der Waals surface area (Å²) in [6, 6.07) is 15.0.